The van der Waals surface area contributed by atoms with E-state index in [2.05, 4.69) is 15.5 Å². The van der Waals surface area contributed by atoms with Crippen LogP contribution in [0.25, 0.3) is 5.69 Å². The topological polar surface area (TPSA) is 73.1 Å². The second-order valence-corrected chi connectivity index (χ2v) is 7.52. The first-order valence-electron chi connectivity index (χ1n) is 8.70. The van der Waals surface area contributed by atoms with Crippen molar-refractivity contribution in [2.24, 2.45) is 5.92 Å². The number of carbonyl (C=O) groups is 1. The maximum Gasteiger partial charge on any atom is 0.406 e. The number of amides is 1. The van der Waals surface area contributed by atoms with Gasteiger partial charge in [0.2, 0.25) is 11.1 Å². The van der Waals surface area contributed by atoms with E-state index in [9.17, 15) is 18.0 Å². The number of halogens is 3. The molecule has 152 valence electrons. The van der Waals surface area contributed by atoms with Gasteiger partial charge in [0.15, 0.2) is 0 Å². The Balaban J connectivity index is 1.68. The van der Waals surface area contributed by atoms with E-state index in [1.54, 1.807) is 38.3 Å². The van der Waals surface area contributed by atoms with Crippen LogP contribution in [0.4, 0.5) is 13.2 Å². The molecular formula is C17H20F3N5O2S. The standard InChI is InChI=1S/C17H20F3N5O2S/c1-11(12-3-4-12)24(10-17(18,19)20)15(26)9-28-16-21-22-23-25(16)13-5-7-14(27-2)8-6-13/h5-8,11-12H,3-4,9-10H2,1-2H3/t11-/m1/s1. The lowest BCUT2D eigenvalue weighted by Crippen LogP contribution is -2.46. The van der Waals surface area contributed by atoms with Gasteiger partial charge in [0, 0.05) is 6.04 Å². The molecule has 0 spiro atoms. The summed E-state index contributed by atoms with van der Waals surface area (Å²) in [7, 11) is 1.55. The van der Waals surface area contributed by atoms with Gasteiger partial charge < -0.3 is 9.64 Å². The highest BCUT2D eigenvalue weighted by Crippen LogP contribution is 2.36. The van der Waals surface area contributed by atoms with Crippen molar-refractivity contribution in [3.05, 3.63) is 24.3 Å². The Morgan fingerprint density at radius 1 is 1.36 bits per heavy atom. The molecule has 1 saturated carbocycles. The summed E-state index contributed by atoms with van der Waals surface area (Å²) >= 11 is 1.01. The largest absolute Gasteiger partial charge is 0.497 e. The second-order valence-electron chi connectivity index (χ2n) is 6.57. The number of rotatable bonds is 8. The van der Waals surface area contributed by atoms with E-state index >= 15 is 0 Å². The monoisotopic (exact) mass is 415 g/mol. The van der Waals surface area contributed by atoms with E-state index in [1.165, 1.54) is 4.68 Å². The van der Waals surface area contributed by atoms with Crippen LogP contribution in [0, 0.1) is 5.92 Å². The molecule has 1 fully saturated rings. The minimum absolute atomic E-state index is 0.140. The van der Waals surface area contributed by atoms with E-state index in [4.69, 9.17) is 4.74 Å². The zero-order valence-corrected chi connectivity index (χ0v) is 16.2. The van der Waals surface area contributed by atoms with Crippen molar-refractivity contribution in [3.8, 4) is 11.4 Å². The van der Waals surface area contributed by atoms with Crippen molar-refractivity contribution in [1.29, 1.82) is 0 Å². The molecule has 1 aromatic heterocycles. The number of hydrogen-bond donors (Lipinski definition) is 0. The lowest BCUT2D eigenvalue weighted by atomic mass is 10.2. The first-order valence-corrected chi connectivity index (χ1v) is 9.69. The minimum atomic E-state index is -4.44. The summed E-state index contributed by atoms with van der Waals surface area (Å²) < 4.78 is 45.3. The molecule has 11 heteroatoms. The Morgan fingerprint density at radius 2 is 2.04 bits per heavy atom. The molecule has 1 atom stereocenters. The van der Waals surface area contributed by atoms with Crippen molar-refractivity contribution >= 4 is 17.7 Å². The number of alkyl halides is 3. The number of ether oxygens (including phenoxy) is 1. The van der Waals surface area contributed by atoms with Crippen LogP contribution in [0.1, 0.15) is 19.8 Å². The molecular weight excluding hydrogens is 395 g/mol. The molecule has 1 aromatic carbocycles. The van der Waals surface area contributed by atoms with E-state index in [1.807, 2.05) is 0 Å². The zero-order chi connectivity index (χ0) is 20.3. The predicted octanol–water partition coefficient (Wildman–Crippen LogP) is 2.95. The molecule has 0 saturated heterocycles. The number of hydrogen-bond acceptors (Lipinski definition) is 6. The molecule has 0 radical (unpaired) electrons. The highest BCUT2D eigenvalue weighted by atomic mass is 32.2. The third-order valence-electron chi connectivity index (χ3n) is 4.55. The molecule has 1 aliphatic rings. The molecule has 1 aliphatic carbocycles. The van der Waals surface area contributed by atoms with Gasteiger partial charge in [0.05, 0.1) is 18.6 Å². The van der Waals surface area contributed by atoms with Crippen molar-refractivity contribution in [2.45, 2.75) is 37.1 Å². The SMILES string of the molecule is COc1ccc(-n2nnnc2SCC(=O)N(CC(F)(F)F)[C@H](C)C2CC2)cc1. The Labute approximate surface area is 164 Å². The zero-order valence-electron chi connectivity index (χ0n) is 15.4. The normalized spacial score (nSPS) is 15.3. The summed E-state index contributed by atoms with van der Waals surface area (Å²) in [5, 5.41) is 11.7. The third-order valence-corrected chi connectivity index (χ3v) is 5.45. The lowest BCUT2D eigenvalue weighted by Gasteiger charge is -2.30. The van der Waals surface area contributed by atoms with Crippen LogP contribution < -0.4 is 4.74 Å². The fraction of sp³-hybridized carbons (Fsp3) is 0.529. The van der Waals surface area contributed by atoms with Crippen LogP contribution in [-0.4, -0.2) is 62.6 Å². The van der Waals surface area contributed by atoms with Crippen molar-refractivity contribution < 1.29 is 22.7 Å². The smallest absolute Gasteiger partial charge is 0.406 e. The van der Waals surface area contributed by atoms with Gasteiger partial charge in [-0.25, -0.2) is 0 Å². The third kappa shape index (κ3) is 5.15. The minimum Gasteiger partial charge on any atom is -0.497 e. The molecule has 2 aromatic rings. The van der Waals surface area contributed by atoms with Crippen LogP contribution in [-0.2, 0) is 4.79 Å². The molecule has 1 amide bonds. The van der Waals surface area contributed by atoms with E-state index in [-0.39, 0.29) is 11.7 Å². The Morgan fingerprint density at radius 3 is 2.61 bits per heavy atom. The van der Waals surface area contributed by atoms with Crippen LogP contribution >= 0.6 is 11.8 Å². The second kappa shape index (κ2) is 8.38. The quantitative estimate of drug-likeness (QED) is 0.618. The van der Waals surface area contributed by atoms with Gasteiger partial charge in [0.1, 0.15) is 12.3 Å². The number of methoxy groups -OCH3 is 1. The predicted molar refractivity (Wildman–Crippen MR) is 96.4 cm³/mol. The van der Waals surface area contributed by atoms with Crippen LogP contribution in [0.5, 0.6) is 5.75 Å². The number of benzene rings is 1. The first kappa shape index (κ1) is 20.4. The maximum absolute atomic E-state index is 12.9. The van der Waals surface area contributed by atoms with Crippen LogP contribution in [0.2, 0.25) is 0 Å². The fourth-order valence-electron chi connectivity index (χ4n) is 2.85. The molecule has 1 heterocycles. The maximum atomic E-state index is 12.9. The summed E-state index contributed by atoms with van der Waals surface area (Å²) in [5.74, 6) is 0.0499. The number of thioether (sulfide) groups is 1. The Bertz CT molecular complexity index is 808. The van der Waals surface area contributed by atoms with Crippen LogP contribution in [0.3, 0.4) is 0 Å². The Hall–Kier alpha value is -2.30. The van der Waals surface area contributed by atoms with E-state index in [0.717, 1.165) is 29.5 Å². The number of carbonyl (C=O) groups excluding carboxylic acids is 1. The van der Waals surface area contributed by atoms with Gasteiger partial charge in [-0.15, -0.1) is 5.10 Å². The van der Waals surface area contributed by atoms with Crippen molar-refractivity contribution in [1.82, 2.24) is 25.1 Å². The number of nitrogens with zero attached hydrogens (tertiary/aromatic N) is 5. The summed E-state index contributed by atoms with van der Waals surface area (Å²) in [5.41, 5.74) is 0.652. The van der Waals surface area contributed by atoms with Gasteiger partial charge in [-0.3, -0.25) is 4.79 Å². The molecule has 3 rings (SSSR count). The fourth-order valence-corrected chi connectivity index (χ4v) is 3.63. The summed E-state index contributed by atoms with van der Waals surface area (Å²) in [4.78, 5) is 13.5. The number of tetrazole rings is 1. The van der Waals surface area contributed by atoms with E-state index < -0.39 is 24.7 Å². The van der Waals surface area contributed by atoms with Gasteiger partial charge in [-0.1, -0.05) is 11.8 Å². The summed E-state index contributed by atoms with van der Waals surface area (Å²) in [6.45, 7) is 0.431. The molecule has 0 bridgehead atoms. The molecule has 0 unspecified atom stereocenters. The Kier molecular flexibility index (Phi) is 6.11. The molecule has 28 heavy (non-hydrogen) atoms. The average Bonchev–Trinajstić information content (AvgIpc) is 3.41. The highest BCUT2D eigenvalue weighted by molar-refractivity contribution is 7.99. The van der Waals surface area contributed by atoms with Gasteiger partial charge in [-0.2, -0.15) is 17.9 Å². The summed E-state index contributed by atoms with van der Waals surface area (Å²) in [6.07, 6.45) is -2.73. The average molecular weight is 415 g/mol. The molecule has 0 aliphatic heterocycles. The highest BCUT2D eigenvalue weighted by Gasteiger charge is 2.40. The van der Waals surface area contributed by atoms with Crippen LogP contribution in [0.15, 0.2) is 29.4 Å². The van der Waals surface area contributed by atoms with E-state index in [0.29, 0.717) is 16.6 Å². The number of aromatic nitrogens is 4. The van der Waals surface area contributed by atoms with Crippen molar-refractivity contribution in [2.75, 3.05) is 19.4 Å². The van der Waals surface area contributed by atoms with Gasteiger partial charge >= 0.3 is 6.18 Å². The van der Waals surface area contributed by atoms with Gasteiger partial charge in [0.25, 0.3) is 0 Å². The summed E-state index contributed by atoms with van der Waals surface area (Å²) in [6, 6.07) is 6.52. The lowest BCUT2D eigenvalue weighted by molar-refractivity contribution is -0.164. The van der Waals surface area contributed by atoms with Gasteiger partial charge in [-0.05, 0) is 60.4 Å². The molecule has 7 nitrogen and oxygen atoms in total. The first-order chi connectivity index (χ1) is 13.3. The van der Waals surface area contributed by atoms with Crippen molar-refractivity contribution in [3.63, 3.8) is 0 Å². The molecule has 0 N–H and O–H groups in total.